The Bertz CT molecular complexity index is 757. The van der Waals surface area contributed by atoms with Gasteiger partial charge >= 0.3 is 0 Å². The normalized spacial score (nSPS) is 25.8. The van der Waals surface area contributed by atoms with Gasteiger partial charge in [0.2, 0.25) is 0 Å². The van der Waals surface area contributed by atoms with Crippen molar-refractivity contribution in [3.8, 4) is 0 Å². The van der Waals surface area contributed by atoms with Gasteiger partial charge < -0.3 is 20.1 Å². The quantitative estimate of drug-likeness (QED) is 0.712. The second-order valence-corrected chi connectivity index (χ2v) is 9.11. The fourth-order valence-corrected chi connectivity index (χ4v) is 5.16. The Morgan fingerprint density at radius 2 is 2.07 bits per heavy atom. The molecule has 2 saturated heterocycles. The van der Waals surface area contributed by atoms with Crippen LogP contribution in [0.25, 0.3) is 0 Å². The maximum atomic E-state index is 4.83. The number of likely N-dealkylation sites (tertiary alicyclic amines) is 1. The third-order valence-corrected chi connectivity index (χ3v) is 7.00. The lowest BCUT2D eigenvalue weighted by molar-refractivity contribution is -0.0322. The first kappa shape index (κ1) is 19.7. The lowest BCUT2D eigenvalue weighted by atomic mass is 9.65. The highest BCUT2D eigenvalue weighted by atomic mass is 15.2. The minimum Gasteiger partial charge on any atom is -0.373 e. The number of nitrogens with zero attached hydrogens (tertiary/aromatic N) is 3. The van der Waals surface area contributed by atoms with Gasteiger partial charge in [-0.05, 0) is 74.6 Å². The van der Waals surface area contributed by atoms with Gasteiger partial charge in [-0.2, -0.15) is 0 Å². The second kappa shape index (κ2) is 8.42. The van der Waals surface area contributed by atoms with E-state index in [1.165, 1.54) is 64.0 Å². The first-order chi connectivity index (χ1) is 13.6. The van der Waals surface area contributed by atoms with Crippen LogP contribution < -0.4 is 16.1 Å². The van der Waals surface area contributed by atoms with Crippen LogP contribution in [0.4, 0.5) is 0 Å². The Labute approximate surface area is 169 Å². The van der Waals surface area contributed by atoms with Gasteiger partial charge in [0.15, 0.2) is 0 Å². The summed E-state index contributed by atoms with van der Waals surface area (Å²) in [6.45, 7) is 7.35. The molecule has 3 heterocycles. The summed E-state index contributed by atoms with van der Waals surface area (Å²) in [6.07, 6.45) is 9.87. The van der Waals surface area contributed by atoms with E-state index in [1.807, 2.05) is 7.05 Å². The number of aromatic nitrogens is 1. The molecule has 5 nitrogen and oxygen atoms in total. The Morgan fingerprint density at radius 3 is 2.71 bits per heavy atom. The van der Waals surface area contributed by atoms with Crippen molar-refractivity contribution in [3.63, 3.8) is 0 Å². The standard InChI is InChI=1S/C23H37N5/c1-4-6-21(24-2)26-22-8-5-7-20(27(22)3)18-9-12-23(13-10-18)16-28(17-23)14-11-19-15-25-19/h5-8,18-19,24-25H,4,9-17H2,1-3H3/b21-6+,26-22-. The molecule has 3 aliphatic rings. The second-order valence-electron chi connectivity index (χ2n) is 9.11. The summed E-state index contributed by atoms with van der Waals surface area (Å²) in [6, 6.07) is 7.42. The minimum atomic E-state index is 0.622. The molecule has 1 aliphatic carbocycles. The molecule has 1 aromatic rings. The van der Waals surface area contributed by atoms with E-state index in [0.29, 0.717) is 11.3 Å². The van der Waals surface area contributed by atoms with E-state index in [2.05, 4.69) is 58.3 Å². The molecule has 0 radical (unpaired) electrons. The number of rotatable bonds is 7. The molecule has 4 rings (SSSR count). The minimum absolute atomic E-state index is 0.622. The first-order valence-electron chi connectivity index (χ1n) is 11.2. The van der Waals surface area contributed by atoms with E-state index >= 15 is 0 Å². The van der Waals surface area contributed by atoms with Crippen molar-refractivity contribution in [2.75, 3.05) is 33.2 Å². The van der Waals surface area contributed by atoms with Crippen LogP contribution in [0, 0.1) is 5.41 Å². The summed E-state index contributed by atoms with van der Waals surface area (Å²) in [7, 11) is 4.12. The number of allylic oxidation sites excluding steroid dienone is 1. The Morgan fingerprint density at radius 1 is 1.32 bits per heavy atom. The highest BCUT2D eigenvalue weighted by molar-refractivity contribution is 5.15. The topological polar surface area (TPSA) is 54.5 Å². The molecule has 2 aliphatic heterocycles. The number of hydrogen-bond acceptors (Lipinski definition) is 4. The lowest BCUT2D eigenvalue weighted by Crippen LogP contribution is -2.57. The number of nitrogens with one attached hydrogen (secondary N) is 2. The zero-order valence-corrected chi connectivity index (χ0v) is 17.9. The molecule has 3 fully saturated rings. The molecule has 0 bridgehead atoms. The molecular weight excluding hydrogens is 346 g/mol. The average Bonchev–Trinajstić information content (AvgIpc) is 3.51. The van der Waals surface area contributed by atoms with Crippen LogP contribution >= 0.6 is 0 Å². The predicted octanol–water partition coefficient (Wildman–Crippen LogP) is 2.72. The van der Waals surface area contributed by atoms with Crippen molar-refractivity contribution in [2.45, 2.75) is 57.4 Å². The van der Waals surface area contributed by atoms with E-state index in [-0.39, 0.29) is 0 Å². The average molecular weight is 384 g/mol. The highest BCUT2D eigenvalue weighted by Crippen LogP contribution is 2.48. The van der Waals surface area contributed by atoms with Crippen molar-refractivity contribution in [2.24, 2.45) is 17.5 Å². The van der Waals surface area contributed by atoms with Gasteiger partial charge in [-0.15, -0.1) is 0 Å². The summed E-state index contributed by atoms with van der Waals surface area (Å²) in [5, 5.41) is 6.62. The van der Waals surface area contributed by atoms with E-state index < -0.39 is 0 Å². The lowest BCUT2D eigenvalue weighted by Gasteiger charge is -2.54. The van der Waals surface area contributed by atoms with Crippen molar-refractivity contribution in [3.05, 3.63) is 41.3 Å². The van der Waals surface area contributed by atoms with Crippen LogP contribution in [0.5, 0.6) is 0 Å². The Balaban J connectivity index is 1.38. The zero-order valence-electron chi connectivity index (χ0n) is 17.9. The molecule has 1 aromatic heterocycles. The van der Waals surface area contributed by atoms with Gasteiger partial charge in [0.1, 0.15) is 11.3 Å². The summed E-state index contributed by atoms with van der Waals surface area (Å²) < 4.78 is 2.30. The molecule has 1 atom stereocenters. The molecule has 2 N–H and O–H groups in total. The maximum absolute atomic E-state index is 4.83. The largest absolute Gasteiger partial charge is 0.373 e. The van der Waals surface area contributed by atoms with Gasteiger partial charge in [-0.25, -0.2) is 4.99 Å². The van der Waals surface area contributed by atoms with Crippen LogP contribution in [-0.4, -0.2) is 48.7 Å². The third-order valence-electron chi connectivity index (χ3n) is 7.00. The molecule has 1 unspecified atom stereocenters. The summed E-state index contributed by atoms with van der Waals surface area (Å²) in [4.78, 5) is 7.51. The molecule has 154 valence electrons. The molecule has 1 spiro atoms. The fraction of sp³-hybridized carbons (Fsp3) is 0.696. The van der Waals surface area contributed by atoms with Gasteiger partial charge in [-0.3, -0.25) is 0 Å². The van der Waals surface area contributed by atoms with Crippen LogP contribution in [0.15, 0.2) is 35.1 Å². The molecule has 1 saturated carbocycles. The van der Waals surface area contributed by atoms with Gasteiger partial charge in [0, 0.05) is 45.5 Å². The van der Waals surface area contributed by atoms with Crippen molar-refractivity contribution >= 4 is 0 Å². The smallest absolute Gasteiger partial charge is 0.134 e. The summed E-state index contributed by atoms with van der Waals surface area (Å²) in [5.41, 5.74) is 3.10. The first-order valence-corrected chi connectivity index (χ1v) is 11.2. The van der Waals surface area contributed by atoms with Gasteiger partial charge in [-0.1, -0.05) is 13.0 Å². The Kier molecular flexibility index (Phi) is 5.93. The zero-order chi connectivity index (χ0) is 19.6. The van der Waals surface area contributed by atoms with Crippen LogP contribution in [0.3, 0.4) is 0 Å². The highest BCUT2D eigenvalue weighted by Gasteiger charge is 2.45. The Hall–Kier alpha value is -1.59. The van der Waals surface area contributed by atoms with Crippen molar-refractivity contribution < 1.29 is 0 Å². The molecule has 5 heteroatoms. The van der Waals surface area contributed by atoms with Crippen LogP contribution in [-0.2, 0) is 7.05 Å². The van der Waals surface area contributed by atoms with E-state index in [4.69, 9.17) is 4.99 Å². The number of pyridine rings is 1. The van der Waals surface area contributed by atoms with Crippen molar-refractivity contribution in [1.29, 1.82) is 0 Å². The molecule has 0 aromatic carbocycles. The monoisotopic (exact) mass is 383 g/mol. The van der Waals surface area contributed by atoms with E-state index in [1.54, 1.807) is 0 Å². The predicted molar refractivity (Wildman–Crippen MR) is 115 cm³/mol. The third kappa shape index (κ3) is 4.36. The summed E-state index contributed by atoms with van der Waals surface area (Å²) in [5.74, 6) is 1.62. The van der Waals surface area contributed by atoms with Crippen LogP contribution in [0.1, 0.15) is 57.1 Å². The van der Waals surface area contributed by atoms with Gasteiger partial charge in [0.05, 0.1) is 0 Å². The SMILES string of the molecule is CC/C=C(/N=c1/cccc(C2CCC3(CC2)CN(CCC2CN2)C3)n1C)NC. The van der Waals surface area contributed by atoms with Crippen LogP contribution in [0.2, 0.25) is 0 Å². The molecular formula is C23H37N5. The van der Waals surface area contributed by atoms with Crippen molar-refractivity contribution in [1.82, 2.24) is 20.1 Å². The molecule has 28 heavy (non-hydrogen) atoms. The van der Waals surface area contributed by atoms with E-state index in [9.17, 15) is 0 Å². The van der Waals surface area contributed by atoms with Gasteiger partial charge in [0.25, 0.3) is 0 Å². The van der Waals surface area contributed by atoms with E-state index in [0.717, 1.165) is 23.8 Å². The maximum Gasteiger partial charge on any atom is 0.134 e. The molecule has 0 amide bonds. The number of hydrogen-bond donors (Lipinski definition) is 2. The summed E-state index contributed by atoms with van der Waals surface area (Å²) >= 11 is 0. The fourth-order valence-electron chi connectivity index (χ4n) is 5.16.